The highest BCUT2D eigenvalue weighted by molar-refractivity contribution is 7.99. The van der Waals surface area contributed by atoms with Crippen LogP contribution in [0.2, 0.25) is 0 Å². The van der Waals surface area contributed by atoms with E-state index in [1.165, 1.54) is 16.4 Å². The Balaban J connectivity index is 1.91. The van der Waals surface area contributed by atoms with Gasteiger partial charge in [0.25, 0.3) is 5.56 Å². The average molecular weight is 375 g/mol. The van der Waals surface area contributed by atoms with Crippen LogP contribution in [0.25, 0.3) is 10.8 Å². The molecule has 0 saturated heterocycles. The van der Waals surface area contributed by atoms with Crippen LogP contribution in [0.3, 0.4) is 0 Å². The minimum Gasteiger partial charge on any atom is -0.401 e. The Morgan fingerprint density at radius 3 is 2.92 bits per heavy atom. The third-order valence-electron chi connectivity index (χ3n) is 3.45. The molecule has 3 rings (SSSR count). The SMILES string of the molecule is C/C(N)=C(\Cl)C(=N)Cn1ncc2cc(Sc3ccn[nH]3)ccc2c1=O. The van der Waals surface area contributed by atoms with E-state index in [9.17, 15) is 4.79 Å². The number of hydrogen-bond donors (Lipinski definition) is 3. The number of nitrogens with one attached hydrogen (secondary N) is 2. The Labute approximate surface area is 152 Å². The van der Waals surface area contributed by atoms with Gasteiger partial charge in [-0.3, -0.25) is 9.89 Å². The molecule has 0 aliphatic carbocycles. The molecule has 0 aliphatic heterocycles. The third kappa shape index (κ3) is 3.75. The molecule has 0 saturated carbocycles. The minimum atomic E-state index is -0.278. The van der Waals surface area contributed by atoms with Gasteiger partial charge in [-0.05, 0) is 31.2 Å². The Morgan fingerprint density at radius 2 is 2.24 bits per heavy atom. The molecule has 25 heavy (non-hydrogen) atoms. The fourth-order valence-corrected chi connectivity index (χ4v) is 3.09. The molecule has 0 bridgehead atoms. The fourth-order valence-electron chi connectivity index (χ4n) is 2.23. The van der Waals surface area contributed by atoms with Gasteiger partial charge in [0.15, 0.2) is 0 Å². The zero-order valence-corrected chi connectivity index (χ0v) is 14.9. The molecular formula is C16H15ClN6OS. The number of hydrogen-bond acceptors (Lipinski definition) is 6. The summed E-state index contributed by atoms with van der Waals surface area (Å²) in [5.74, 6) is 0. The highest BCUT2D eigenvalue weighted by Gasteiger charge is 2.11. The van der Waals surface area contributed by atoms with Crippen LogP contribution in [0.1, 0.15) is 6.92 Å². The largest absolute Gasteiger partial charge is 0.401 e. The molecule has 128 valence electrons. The van der Waals surface area contributed by atoms with Crippen molar-refractivity contribution >= 4 is 39.8 Å². The van der Waals surface area contributed by atoms with Crippen LogP contribution < -0.4 is 11.3 Å². The second-order valence-electron chi connectivity index (χ2n) is 5.35. The predicted octanol–water partition coefficient (Wildman–Crippen LogP) is 2.72. The number of nitrogens with zero attached hydrogens (tertiary/aromatic N) is 3. The van der Waals surface area contributed by atoms with E-state index in [0.717, 1.165) is 15.3 Å². The quantitative estimate of drug-likeness (QED) is 0.594. The van der Waals surface area contributed by atoms with Crippen LogP contribution >= 0.6 is 23.4 Å². The second-order valence-corrected chi connectivity index (χ2v) is 6.85. The average Bonchev–Trinajstić information content (AvgIpc) is 3.09. The van der Waals surface area contributed by atoms with Gasteiger partial charge < -0.3 is 11.1 Å². The predicted molar refractivity (Wildman–Crippen MR) is 99.2 cm³/mol. The lowest BCUT2D eigenvalue weighted by atomic mass is 10.2. The van der Waals surface area contributed by atoms with E-state index in [4.69, 9.17) is 22.7 Å². The molecule has 4 N–H and O–H groups in total. The maximum absolute atomic E-state index is 12.6. The molecule has 0 unspecified atom stereocenters. The van der Waals surface area contributed by atoms with E-state index >= 15 is 0 Å². The summed E-state index contributed by atoms with van der Waals surface area (Å²) in [6.45, 7) is 1.57. The van der Waals surface area contributed by atoms with Crippen LogP contribution in [0.5, 0.6) is 0 Å². The molecule has 2 heterocycles. The van der Waals surface area contributed by atoms with Crippen LogP contribution in [0.4, 0.5) is 0 Å². The first-order valence-corrected chi connectivity index (χ1v) is 8.52. The topological polar surface area (TPSA) is 113 Å². The summed E-state index contributed by atoms with van der Waals surface area (Å²) in [6.07, 6.45) is 3.29. The van der Waals surface area contributed by atoms with Gasteiger partial charge in [-0.1, -0.05) is 23.4 Å². The maximum atomic E-state index is 12.6. The molecule has 0 atom stereocenters. The molecule has 1 aromatic carbocycles. The van der Waals surface area contributed by atoms with E-state index < -0.39 is 0 Å². The molecule has 7 nitrogen and oxygen atoms in total. The summed E-state index contributed by atoms with van der Waals surface area (Å²) < 4.78 is 1.21. The van der Waals surface area contributed by atoms with E-state index in [2.05, 4.69) is 15.3 Å². The van der Waals surface area contributed by atoms with Gasteiger partial charge in [0.1, 0.15) is 0 Å². The summed E-state index contributed by atoms with van der Waals surface area (Å²) in [4.78, 5) is 13.5. The maximum Gasteiger partial charge on any atom is 0.274 e. The normalized spacial score (nSPS) is 12.2. The van der Waals surface area contributed by atoms with Gasteiger partial charge >= 0.3 is 0 Å². The first kappa shape index (κ1) is 17.2. The first-order chi connectivity index (χ1) is 12.0. The molecule has 9 heteroatoms. The van der Waals surface area contributed by atoms with Gasteiger partial charge in [-0.25, -0.2) is 4.68 Å². The van der Waals surface area contributed by atoms with Crippen LogP contribution in [0, 0.1) is 5.41 Å². The molecule has 0 spiro atoms. The van der Waals surface area contributed by atoms with Crippen LogP contribution in [0.15, 0.2) is 62.1 Å². The number of fused-ring (bicyclic) bond motifs is 1. The Hall–Kier alpha value is -2.58. The molecule has 0 aliphatic rings. The van der Waals surface area contributed by atoms with Gasteiger partial charge in [0.05, 0.1) is 33.9 Å². The number of allylic oxidation sites excluding steroid dienone is 2. The number of aromatic nitrogens is 4. The lowest BCUT2D eigenvalue weighted by Gasteiger charge is -2.08. The van der Waals surface area contributed by atoms with Crippen LogP contribution in [-0.4, -0.2) is 25.7 Å². The summed E-state index contributed by atoms with van der Waals surface area (Å²) >= 11 is 7.46. The molecule has 0 fully saturated rings. The summed E-state index contributed by atoms with van der Waals surface area (Å²) in [5.41, 5.74) is 5.68. The Kier molecular flexibility index (Phi) is 4.91. The van der Waals surface area contributed by atoms with Gasteiger partial charge in [0, 0.05) is 22.2 Å². The standard InChI is InChI=1S/C16H15ClN6OS/c1-9(18)15(17)13(19)8-23-16(24)12-3-2-11(6-10(12)7-21-23)25-14-4-5-20-22-14/h2-7,19H,8,18H2,1H3,(H,20,22)/b15-9+,19-13?. The fraction of sp³-hybridized carbons (Fsp3) is 0.125. The van der Waals surface area contributed by atoms with E-state index in [0.29, 0.717) is 11.1 Å². The number of H-pyrrole nitrogens is 1. The number of aromatic amines is 1. The molecule has 0 radical (unpaired) electrons. The zero-order valence-electron chi connectivity index (χ0n) is 13.3. The number of halogens is 1. The van der Waals surface area contributed by atoms with Crippen molar-refractivity contribution < 1.29 is 0 Å². The smallest absolute Gasteiger partial charge is 0.274 e. The van der Waals surface area contributed by atoms with Crippen molar-refractivity contribution in [2.24, 2.45) is 5.73 Å². The van der Waals surface area contributed by atoms with E-state index in [-0.39, 0.29) is 22.8 Å². The molecule has 0 amide bonds. The van der Waals surface area contributed by atoms with Crippen molar-refractivity contribution in [2.75, 3.05) is 0 Å². The van der Waals surface area contributed by atoms with Crippen molar-refractivity contribution in [3.8, 4) is 0 Å². The molecular weight excluding hydrogens is 360 g/mol. The number of rotatable bonds is 5. The lowest BCUT2D eigenvalue weighted by molar-refractivity contribution is 0.678. The molecule has 2 aromatic heterocycles. The number of benzene rings is 1. The monoisotopic (exact) mass is 374 g/mol. The van der Waals surface area contributed by atoms with Crippen molar-refractivity contribution in [1.82, 2.24) is 20.0 Å². The first-order valence-electron chi connectivity index (χ1n) is 7.32. The zero-order chi connectivity index (χ0) is 18.0. The lowest BCUT2D eigenvalue weighted by Crippen LogP contribution is -2.26. The van der Waals surface area contributed by atoms with Gasteiger partial charge in [-0.15, -0.1) is 0 Å². The summed E-state index contributed by atoms with van der Waals surface area (Å²) in [6, 6.07) is 7.38. The van der Waals surface area contributed by atoms with Crippen molar-refractivity contribution in [3.63, 3.8) is 0 Å². The Bertz CT molecular complexity index is 1020. The Morgan fingerprint density at radius 1 is 1.44 bits per heavy atom. The summed E-state index contributed by atoms with van der Waals surface area (Å²) in [7, 11) is 0. The molecule has 3 aromatic rings. The van der Waals surface area contributed by atoms with Gasteiger partial charge in [-0.2, -0.15) is 10.2 Å². The van der Waals surface area contributed by atoms with Crippen molar-refractivity contribution in [3.05, 3.63) is 57.7 Å². The summed E-state index contributed by atoms with van der Waals surface area (Å²) in [5, 5.41) is 21.2. The van der Waals surface area contributed by atoms with Crippen LogP contribution in [-0.2, 0) is 6.54 Å². The van der Waals surface area contributed by atoms with Crippen molar-refractivity contribution in [1.29, 1.82) is 5.41 Å². The minimum absolute atomic E-state index is 0.0349. The third-order valence-corrected chi connectivity index (χ3v) is 4.91. The van der Waals surface area contributed by atoms with Gasteiger partial charge in [0.2, 0.25) is 0 Å². The highest BCUT2D eigenvalue weighted by Crippen LogP contribution is 2.27. The highest BCUT2D eigenvalue weighted by atomic mass is 35.5. The van der Waals surface area contributed by atoms with Crippen molar-refractivity contribution in [2.45, 2.75) is 23.4 Å². The second kappa shape index (κ2) is 7.12. The van der Waals surface area contributed by atoms with E-state index in [1.54, 1.807) is 25.4 Å². The number of nitrogens with two attached hydrogens (primary N) is 1. The van der Waals surface area contributed by atoms with E-state index in [1.807, 2.05) is 18.2 Å².